The first-order valence-corrected chi connectivity index (χ1v) is 13.2. The summed E-state index contributed by atoms with van der Waals surface area (Å²) in [7, 11) is -3.59. The summed E-state index contributed by atoms with van der Waals surface area (Å²) in [6.07, 6.45) is 2.23. The van der Waals surface area contributed by atoms with Crippen molar-refractivity contribution >= 4 is 21.6 Å². The minimum atomic E-state index is -3.59. The van der Waals surface area contributed by atoms with Crippen LogP contribution in [0.2, 0.25) is 0 Å². The highest BCUT2D eigenvalue weighted by Gasteiger charge is 2.38. The third kappa shape index (κ3) is 5.06. The van der Waals surface area contributed by atoms with Gasteiger partial charge in [0, 0.05) is 18.8 Å². The van der Waals surface area contributed by atoms with Crippen molar-refractivity contribution in [3.8, 4) is 11.1 Å². The Balaban J connectivity index is 1.21. The van der Waals surface area contributed by atoms with E-state index in [2.05, 4.69) is 14.9 Å². The third-order valence-electron chi connectivity index (χ3n) is 6.95. The van der Waals surface area contributed by atoms with Gasteiger partial charge in [0.05, 0.1) is 10.8 Å². The lowest BCUT2D eigenvalue weighted by molar-refractivity contribution is -0.125. The Bertz CT molecular complexity index is 1230. The van der Waals surface area contributed by atoms with Gasteiger partial charge in [0.15, 0.2) is 0 Å². The molecule has 3 fully saturated rings. The first-order valence-electron chi connectivity index (χ1n) is 11.8. The van der Waals surface area contributed by atoms with Crippen molar-refractivity contribution in [1.82, 2.24) is 9.62 Å². The Kier molecular flexibility index (Phi) is 6.50. The molecule has 0 saturated carbocycles. The normalized spacial score (nSPS) is 21.8. The lowest BCUT2D eigenvalue weighted by atomic mass is 9.78. The lowest BCUT2D eigenvalue weighted by Crippen LogP contribution is -2.51. The monoisotopic (exact) mass is 475 g/mol. The van der Waals surface area contributed by atoms with E-state index >= 15 is 0 Å². The van der Waals surface area contributed by atoms with Gasteiger partial charge < -0.3 is 10.2 Å². The molecule has 6 rings (SSSR count). The second-order valence-corrected chi connectivity index (χ2v) is 10.9. The molecule has 3 aromatic rings. The number of piperidine rings is 3. The number of anilines is 1. The van der Waals surface area contributed by atoms with Crippen LogP contribution in [-0.4, -0.2) is 38.9 Å². The summed E-state index contributed by atoms with van der Waals surface area (Å²) in [5, 5.41) is 3.08. The molecule has 0 spiro atoms. The number of amides is 1. The molecule has 1 atom stereocenters. The molecule has 3 aromatic carbocycles. The first kappa shape index (κ1) is 22.8. The molecule has 6 nitrogen and oxygen atoms in total. The predicted octanol–water partition coefficient (Wildman–Crippen LogP) is 4.11. The van der Waals surface area contributed by atoms with Crippen molar-refractivity contribution in [2.24, 2.45) is 11.8 Å². The maximum atomic E-state index is 12.8. The van der Waals surface area contributed by atoms with Crippen molar-refractivity contribution in [2.75, 3.05) is 25.0 Å². The van der Waals surface area contributed by atoms with E-state index in [1.165, 1.54) is 0 Å². The number of carbonyl (C=O) groups excluding carboxylic acids is 1. The number of hydrogen-bond acceptors (Lipinski definition) is 4. The number of benzene rings is 3. The van der Waals surface area contributed by atoms with Crippen LogP contribution in [0.3, 0.4) is 0 Å². The predicted molar refractivity (Wildman–Crippen MR) is 134 cm³/mol. The fourth-order valence-corrected chi connectivity index (χ4v) is 5.94. The Morgan fingerprint density at radius 1 is 0.853 bits per heavy atom. The molecule has 2 N–H and O–H groups in total. The molecule has 0 aromatic heterocycles. The van der Waals surface area contributed by atoms with Crippen molar-refractivity contribution in [1.29, 1.82) is 0 Å². The number of rotatable bonds is 7. The van der Waals surface area contributed by atoms with Gasteiger partial charge >= 0.3 is 0 Å². The summed E-state index contributed by atoms with van der Waals surface area (Å²) in [6, 6.07) is 24.0. The third-order valence-corrected chi connectivity index (χ3v) is 8.37. The van der Waals surface area contributed by atoms with Crippen molar-refractivity contribution in [2.45, 2.75) is 24.3 Å². The Morgan fingerprint density at radius 3 is 2.06 bits per heavy atom. The smallest absolute Gasteiger partial charge is 0.240 e. The molecule has 1 amide bonds. The number of hydrogen-bond donors (Lipinski definition) is 2. The SMILES string of the molecule is O=C(Nc1ccc(-c2ccc(S(=O)(=O)NCc3ccccc3)cc2)cc1)[C@H]1CN2CCC1CC2. The summed E-state index contributed by atoms with van der Waals surface area (Å²) in [5.74, 6) is 0.688. The van der Waals surface area contributed by atoms with Crippen LogP contribution in [0.25, 0.3) is 11.1 Å². The molecule has 3 aliphatic rings. The van der Waals surface area contributed by atoms with Gasteiger partial charge in [-0.05, 0) is 72.8 Å². The van der Waals surface area contributed by atoms with E-state index in [-0.39, 0.29) is 23.3 Å². The van der Waals surface area contributed by atoms with E-state index < -0.39 is 10.0 Å². The van der Waals surface area contributed by atoms with Crippen LogP contribution in [0, 0.1) is 11.8 Å². The lowest BCUT2D eigenvalue weighted by Gasteiger charge is -2.43. The van der Waals surface area contributed by atoms with E-state index in [0.29, 0.717) is 5.92 Å². The topological polar surface area (TPSA) is 78.5 Å². The van der Waals surface area contributed by atoms with Gasteiger partial charge in [0.25, 0.3) is 0 Å². The molecule has 7 heteroatoms. The minimum absolute atomic E-state index is 0.0761. The van der Waals surface area contributed by atoms with Crippen LogP contribution < -0.4 is 10.0 Å². The van der Waals surface area contributed by atoms with Crippen molar-refractivity contribution < 1.29 is 13.2 Å². The molecule has 3 heterocycles. The summed E-state index contributed by atoms with van der Waals surface area (Å²) in [5.41, 5.74) is 3.57. The van der Waals surface area contributed by atoms with Crippen LogP contribution in [0.1, 0.15) is 18.4 Å². The molecule has 34 heavy (non-hydrogen) atoms. The Hall–Kier alpha value is -3.00. The maximum Gasteiger partial charge on any atom is 0.240 e. The van der Waals surface area contributed by atoms with Gasteiger partial charge in [-0.3, -0.25) is 4.79 Å². The van der Waals surface area contributed by atoms with Gasteiger partial charge in [-0.15, -0.1) is 0 Å². The van der Waals surface area contributed by atoms with Crippen molar-refractivity contribution in [3.05, 3.63) is 84.4 Å². The standard InChI is InChI=1S/C27H29N3O3S/c31-27(26-19-30-16-14-23(26)15-17-30)29-24-10-6-21(7-11-24)22-8-12-25(13-9-22)34(32,33)28-18-20-4-2-1-3-5-20/h1-13,23,26,28H,14-19H2,(H,29,31)/t26-/m0/s1. The number of carbonyl (C=O) groups is 1. The van der Waals surface area contributed by atoms with E-state index in [9.17, 15) is 13.2 Å². The van der Waals surface area contributed by atoms with Crippen LogP contribution in [-0.2, 0) is 21.4 Å². The average molecular weight is 476 g/mol. The maximum absolute atomic E-state index is 12.8. The van der Waals surface area contributed by atoms with Crippen LogP contribution >= 0.6 is 0 Å². The summed E-state index contributed by atoms with van der Waals surface area (Å²) in [6.45, 7) is 3.35. The fraction of sp³-hybridized carbons (Fsp3) is 0.296. The Labute approximate surface area is 201 Å². The highest BCUT2D eigenvalue weighted by atomic mass is 32.2. The molecule has 3 saturated heterocycles. The number of nitrogens with one attached hydrogen (secondary N) is 2. The summed E-state index contributed by atoms with van der Waals surface area (Å²) >= 11 is 0. The molecule has 0 radical (unpaired) electrons. The summed E-state index contributed by atoms with van der Waals surface area (Å²) in [4.78, 5) is 15.4. The minimum Gasteiger partial charge on any atom is -0.326 e. The number of fused-ring (bicyclic) bond motifs is 3. The molecular formula is C27H29N3O3S. The largest absolute Gasteiger partial charge is 0.326 e. The van der Waals surface area contributed by atoms with Crippen LogP contribution in [0.15, 0.2) is 83.8 Å². The molecule has 3 aliphatic heterocycles. The van der Waals surface area contributed by atoms with Gasteiger partial charge in [-0.1, -0.05) is 54.6 Å². The Morgan fingerprint density at radius 2 is 1.47 bits per heavy atom. The zero-order valence-corrected chi connectivity index (χ0v) is 19.8. The number of nitrogens with zero attached hydrogens (tertiary/aromatic N) is 1. The fourth-order valence-electron chi connectivity index (χ4n) is 4.93. The highest BCUT2D eigenvalue weighted by Crippen LogP contribution is 2.33. The number of sulfonamides is 1. The van der Waals surface area contributed by atoms with Gasteiger partial charge in [-0.25, -0.2) is 13.1 Å². The zero-order chi connectivity index (χ0) is 23.5. The molecular weight excluding hydrogens is 446 g/mol. The molecule has 176 valence electrons. The summed E-state index contributed by atoms with van der Waals surface area (Å²) < 4.78 is 27.9. The molecule has 0 unspecified atom stereocenters. The average Bonchev–Trinajstić information content (AvgIpc) is 2.89. The second kappa shape index (κ2) is 9.70. The van der Waals surface area contributed by atoms with Crippen molar-refractivity contribution in [3.63, 3.8) is 0 Å². The van der Waals surface area contributed by atoms with Gasteiger partial charge in [0.2, 0.25) is 15.9 Å². The van der Waals surface area contributed by atoms with Crippen LogP contribution in [0.4, 0.5) is 5.69 Å². The second-order valence-electron chi connectivity index (χ2n) is 9.15. The van der Waals surface area contributed by atoms with Crippen LogP contribution in [0.5, 0.6) is 0 Å². The zero-order valence-electron chi connectivity index (χ0n) is 19.0. The van der Waals surface area contributed by atoms with E-state index in [0.717, 1.165) is 54.9 Å². The van der Waals surface area contributed by atoms with E-state index in [1.54, 1.807) is 24.3 Å². The van der Waals surface area contributed by atoms with E-state index in [4.69, 9.17) is 0 Å². The van der Waals surface area contributed by atoms with Gasteiger partial charge in [0.1, 0.15) is 0 Å². The highest BCUT2D eigenvalue weighted by molar-refractivity contribution is 7.89. The molecule has 0 aliphatic carbocycles. The first-order chi connectivity index (χ1) is 16.5. The molecule has 2 bridgehead atoms. The quantitative estimate of drug-likeness (QED) is 0.539. The van der Waals surface area contributed by atoms with E-state index in [1.807, 2.05) is 54.6 Å². The van der Waals surface area contributed by atoms with Gasteiger partial charge in [-0.2, -0.15) is 0 Å².